The number of hydrogen-bond acceptors (Lipinski definition) is 0. The van der Waals surface area contributed by atoms with Gasteiger partial charge >= 0.3 is 0 Å². The van der Waals surface area contributed by atoms with E-state index in [9.17, 15) is 0 Å². The summed E-state index contributed by atoms with van der Waals surface area (Å²) in [6.45, 7) is 0. The molecule has 0 aromatic heterocycles. The van der Waals surface area contributed by atoms with Crippen molar-refractivity contribution in [3.63, 3.8) is 0 Å². The van der Waals surface area contributed by atoms with Crippen LogP contribution < -0.4 is 0 Å². The van der Waals surface area contributed by atoms with Crippen LogP contribution in [0.2, 0.25) is 0 Å². The summed E-state index contributed by atoms with van der Waals surface area (Å²) in [6.07, 6.45) is 10.9. The topological polar surface area (TPSA) is 0 Å². The predicted octanol–water partition coefficient (Wildman–Crippen LogP) is 6.85. The van der Waals surface area contributed by atoms with Crippen molar-refractivity contribution in [2.24, 2.45) is 0 Å². The Bertz CT molecular complexity index is 737. The Morgan fingerprint density at radius 1 is 0.609 bits per heavy atom. The maximum absolute atomic E-state index is 2.34. The summed E-state index contributed by atoms with van der Waals surface area (Å²) in [5.41, 5.74) is 1.55. The van der Waals surface area contributed by atoms with E-state index in [0.29, 0.717) is 0 Å². The number of hydrogen-bond donors (Lipinski definition) is 0. The molecule has 0 saturated heterocycles. The van der Waals surface area contributed by atoms with Crippen molar-refractivity contribution < 1.29 is 0 Å². The van der Waals surface area contributed by atoms with Crippen LogP contribution >= 0.6 is 0 Å². The van der Waals surface area contributed by atoms with Crippen molar-refractivity contribution in [1.29, 1.82) is 0 Å². The van der Waals surface area contributed by atoms with Gasteiger partial charge in [-0.1, -0.05) is 80.6 Å². The Morgan fingerprint density at radius 2 is 1.13 bits per heavy atom. The van der Waals surface area contributed by atoms with Crippen molar-refractivity contribution in [2.75, 3.05) is 0 Å². The Kier molecular flexibility index (Phi) is 4.33. The molecule has 117 valence electrons. The summed E-state index contributed by atoms with van der Waals surface area (Å²) in [4.78, 5) is 0. The molecule has 0 amide bonds. The second kappa shape index (κ2) is 6.74. The van der Waals surface area contributed by atoms with E-state index in [1.165, 1.54) is 72.9 Å². The van der Waals surface area contributed by atoms with Gasteiger partial charge in [0, 0.05) is 0 Å². The molecule has 0 heteroatoms. The Balaban J connectivity index is 1.79. The van der Waals surface area contributed by atoms with Gasteiger partial charge in [0.05, 0.1) is 0 Å². The fourth-order valence-electron chi connectivity index (χ4n) is 4.13. The van der Waals surface area contributed by atoms with E-state index >= 15 is 0 Å². The van der Waals surface area contributed by atoms with E-state index in [2.05, 4.69) is 54.6 Å². The molecule has 4 rings (SSSR count). The van der Waals surface area contributed by atoms with E-state index in [0.717, 1.165) is 0 Å². The summed E-state index contributed by atoms with van der Waals surface area (Å²) < 4.78 is 0. The minimum atomic E-state index is 1.17. The predicted molar refractivity (Wildman–Crippen MR) is 101 cm³/mol. The first-order chi connectivity index (χ1) is 11.4. The molecule has 0 bridgehead atoms. The maximum atomic E-state index is 2.34. The lowest BCUT2D eigenvalue weighted by Crippen LogP contribution is -2.06. The van der Waals surface area contributed by atoms with E-state index < -0.39 is 0 Å². The lowest BCUT2D eigenvalue weighted by atomic mass is 9.84. The highest BCUT2D eigenvalue weighted by molar-refractivity contribution is 6.02. The molecular weight excluding hydrogens is 276 g/mol. The second-order valence-electron chi connectivity index (χ2n) is 6.99. The van der Waals surface area contributed by atoms with Gasteiger partial charge in [0.2, 0.25) is 0 Å². The van der Waals surface area contributed by atoms with E-state index in [4.69, 9.17) is 0 Å². The Labute approximate surface area is 139 Å². The van der Waals surface area contributed by atoms with Crippen LogP contribution in [-0.2, 0) is 6.42 Å². The largest absolute Gasteiger partial charge is 0.0616 e. The second-order valence-corrected chi connectivity index (χ2v) is 6.99. The third-order valence-corrected chi connectivity index (χ3v) is 5.37. The average molecular weight is 301 g/mol. The molecule has 3 aromatic rings. The van der Waals surface area contributed by atoms with Crippen molar-refractivity contribution in [1.82, 2.24) is 0 Å². The van der Waals surface area contributed by atoms with Gasteiger partial charge in [-0.15, -0.1) is 0 Å². The van der Waals surface area contributed by atoms with E-state index in [1.807, 2.05) is 0 Å². The highest BCUT2D eigenvalue weighted by Crippen LogP contribution is 2.34. The summed E-state index contributed by atoms with van der Waals surface area (Å²) in [6, 6.07) is 20.2. The molecule has 0 atom stereocenters. The van der Waals surface area contributed by atoms with E-state index in [-0.39, 0.29) is 0 Å². The van der Waals surface area contributed by atoms with Gasteiger partial charge in [-0.3, -0.25) is 0 Å². The molecule has 0 N–H and O–H groups in total. The number of rotatable bonds is 2. The molecule has 1 aliphatic rings. The molecule has 3 aromatic carbocycles. The Morgan fingerprint density at radius 3 is 1.74 bits per heavy atom. The number of fused-ring (bicyclic) bond motifs is 2. The van der Waals surface area contributed by atoms with Crippen LogP contribution in [0.3, 0.4) is 0 Å². The van der Waals surface area contributed by atoms with Crippen LogP contribution in [0.1, 0.15) is 50.5 Å². The molecule has 0 heterocycles. The third-order valence-electron chi connectivity index (χ3n) is 5.37. The SMILES string of the molecule is c1ccc2c(C[C]3CCCCCCC3)c3ccccc3cc2c1. The quantitative estimate of drug-likeness (QED) is 0.454. The zero-order valence-electron chi connectivity index (χ0n) is 13.9. The van der Waals surface area contributed by atoms with Crippen LogP contribution in [0.15, 0.2) is 54.6 Å². The van der Waals surface area contributed by atoms with Crippen LogP contribution in [0.4, 0.5) is 0 Å². The van der Waals surface area contributed by atoms with Gasteiger partial charge in [0.1, 0.15) is 0 Å². The van der Waals surface area contributed by atoms with Gasteiger partial charge in [0.25, 0.3) is 0 Å². The lowest BCUT2D eigenvalue weighted by molar-refractivity contribution is 0.517. The normalized spacial score (nSPS) is 17.2. The third kappa shape index (κ3) is 3.13. The van der Waals surface area contributed by atoms with Crippen LogP contribution in [0.5, 0.6) is 0 Å². The first-order valence-electron chi connectivity index (χ1n) is 9.15. The fourth-order valence-corrected chi connectivity index (χ4v) is 4.13. The molecule has 0 unspecified atom stereocenters. The fraction of sp³-hybridized carbons (Fsp3) is 0.348. The van der Waals surface area contributed by atoms with Crippen molar-refractivity contribution in [3.8, 4) is 0 Å². The monoisotopic (exact) mass is 301 g/mol. The minimum absolute atomic E-state index is 1.17. The standard InChI is InChI=1S/C23H25/c1-2-4-10-18(11-5-3-1)16-23-21-14-8-6-12-19(21)17-20-13-7-9-15-22(20)23/h6-9,12-15,17H,1-5,10-11,16H2. The first kappa shape index (κ1) is 14.8. The van der Waals surface area contributed by atoms with Crippen molar-refractivity contribution in [2.45, 2.75) is 51.4 Å². The first-order valence-corrected chi connectivity index (χ1v) is 9.15. The van der Waals surface area contributed by atoms with Gasteiger partial charge in [-0.05, 0) is 58.4 Å². The van der Waals surface area contributed by atoms with E-state index in [1.54, 1.807) is 11.5 Å². The molecule has 1 aliphatic carbocycles. The molecule has 1 saturated carbocycles. The van der Waals surface area contributed by atoms with Gasteiger partial charge < -0.3 is 0 Å². The molecule has 0 spiro atoms. The molecule has 1 fully saturated rings. The van der Waals surface area contributed by atoms with Gasteiger partial charge in [-0.2, -0.15) is 0 Å². The number of benzene rings is 3. The van der Waals surface area contributed by atoms with Crippen LogP contribution in [0, 0.1) is 5.92 Å². The van der Waals surface area contributed by atoms with Gasteiger partial charge in [0.15, 0.2) is 0 Å². The zero-order valence-corrected chi connectivity index (χ0v) is 13.9. The van der Waals surface area contributed by atoms with Crippen molar-refractivity contribution in [3.05, 3.63) is 66.1 Å². The molecule has 0 nitrogen and oxygen atoms in total. The highest BCUT2D eigenvalue weighted by Gasteiger charge is 2.16. The summed E-state index contributed by atoms with van der Waals surface area (Å²) >= 11 is 0. The van der Waals surface area contributed by atoms with Crippen molar-refractivity contribution >= 4 is 21.5 Å². The Hall–Kier alpha value is -1.82. The summed E-state index contributed by atoms with van der Waals surface area (Å²) in [7, 11) is 0. The average Bonchev–Trinajstić information content (AvgIpc) is 2.56. The molecule has 1 radical (unpaired) electrons. The minimum Gasteiger partial charge on any atom is -0.0616 e. The highest BCUT2D eigenvalue weighted by atomic mass is 14.2. The zero-order chi connectivity index (χ0) is 15.5. The maximum Gasteiger partial charge on any atom is -0.0145 e. The summed E-state index contributed by atoms with van der Waals surface area (Å²) in [5.74, 6) is 1.77. The van der Waals surface area contributed by atoms with Crippen LogP contribution in [0.25, 0.3) is 21.5 Å². The molecular formula is C23H25. The molecule has 0 aliphatic heterocycles. The van der Waals surface area contributed by atoms with Gasteiger partial charge in [-0.25, -0.2) is 0 Å². The van der Waals surface area contributed by atoms with Crippen LogP contribution in [-0.4, -0.2) is 0 Å². The molecule has 23 heavy (non-hydrogen) atoms. The smallest absolute Gasteiger partial charge is 0.0145 e. The summed E-state index contributed by atoms with van der Waals surface area (Å²) in [5, 5.41) is 5.65. The lowest BCUT2D eigenvalue weighted by Gasteiger charge is -2.21.